The van der Waals surface area contributed by atoms with Gasteiger partial charge in [-0.1, -0.05) is 59.8 Å². The van der Waals surface area contributed by atoms with Crippen LogP contribution < -0.4 is 5.32 Å². The minimum Gasteiger partial charge on any atom is -0.322 e. The predicted molar refractivity (Wildman–Crippen MR) is 125 cm³/mol. The molecule has 0 atom stereocenters. The van der Waals surface area contributed by atoms with Crippen LogP contribution in [0.25, 0.3) is 16.9 Å². The summed E-state index contributed by atoms with van der Waals surface area (Å²) in [5.74, 6) is 0.238. The van der Waals surface area contributed by atoms with Gasteiger partial charge in [0, 0.05) is 10.9 Å². The van der Waals surface area contributed by atoms with Gasteiger partial charge in [-0.15, -0.1) is 11.3 Å². The molecule has 0 bridgehead atoms. The van der Waals surface area contributed by atoms with Gasteiger partial charge in [0.1, 0.15) is 0 Å². The molecule has 1 N–H and O–H groups in total. The first-order valence-corrected chi connectivity index (χ1v) is 11.4. The van der Waals surface area contributed by atoms with Crippen molar-refractivity contribution >= 4 is 34.7 Å². The van der Waals surface area contributed by atoms with Crippen molar-refractivity contribution < 1.29 is 4.79 Å². The zero-order valence-electron chi connectivity index (χ0n) is 17.0. The zero-order valence-corrected chi connectivity index (χ0v) is 18.7. The van der Waals surface area contributed by atoms with Crippen molar-refractivity contribution in [2.45, 2.75) is 25.1 Å². The van der Waals surface area contributed by atoms with Gasteiger partial charge < -0.3 is 5.32 Å². The van der Waals surface area contributed by atoms with Crippen molar-refractivity contribution in [2.75, 3.05) is 11.1 Å². The number of para-hydroxylation sites is 1. The molecule has 4 aromatic rings. The molecular formula is C23H22N4OS2. The quantitative estimate of drug-likeness (QED) is 0.398. The lowest BCUT2D eigenvalue weighted by atomic mass is 10.1. The molecule has 0 fully saturated rings. The van der Waals surface area contributed by atoms with E-state index in [-0.39, 0.29) is 5.91 Å². The third kappa shape index (κ3) is 4.47. The number of anilines is 1. The number of aryl methyl sites for hydroxylation is 2. The SMILES string of the molecule is Cc1ccc(-c2csc(SCC(=O)Nc3c(C)nn(-c4ccccc4)c3C)n2)cc1. The van der Waals surface area contributed by atoms with Crippen LogP contribution in [0.4, 0.5) is 5.69 Å². The first kappa shape index (κ1) is 20.4. The standard InChI is InChI=1S/C23H22N4OS2/c1-15-9-11-18(12-10-15)20-13-29-23(24-20)30-14-21(28)25-22-16(2)26-27(17(22)3)19-7-5-4-6-8-19/h4-13H,14H2,1-3H3,(H,25,28). The summed E-state index contributed by atoms with van der Waals surface area (Å²) in [5, 5.41) is 9.63. The molecule has 0 spiro atoms. The van der Waals surface area contributed by atoms with Gasteiger partial charge in [0.25, 0.3) is 0 Å². The van der Waals surface area contributed by atoms with Gasteiger partial charge in [0.15, 0.2) is 4.34 Å². The van der Waals surface area contributed by atoms with Crippen molar-refractivity contribution in [1.82, 2.24) is 14.8 Å². The fourth-order valence-corrected chi connectivity index (χ4v) is 4.76. The molecule has 1 amide bonds. The molecule has 30 heavy (non-hydrogen) atoms. The fraction of sp³-hybridized carbons (Fsp3) is 0.174. The van der Waals surface area contributed by atoms with E-state index in [1.807, 2.05) is 54.2 Å². The van der Waals surface area contributed by atoms with Gasteiger partial charge in [-0.05, 0) is 32.9 Å². The molecule has 7 heteroatoms. The zero-order chi connectivity index (χ0) is 21.1. The Hall–Kier alpha value is -2.90. The van der Waals surface area contributed by atoms with Gasteiger partial charge in [0.05, 0.1) is 34.2 Å². The predicted octanol–water partition coefficient (Wildman–Crippen LogP) is 5.65. The molecule has 0 aliphatic rings. The highest BCUT2D eigenvalue weighted by atomic mass is 32.2. The number of hydrogen-bond donors (Lipinski definition) is 1. The summed E-state index contributed by atoms with van der Waals surface area (Å²) in [5.41, 5.74) is 6.70. The summed E-state index contributed by atoms with van der Waals surface area (Å²) >= 11 is 3.01. The van der Waals surface area contributed by atoms with E-state index in [1.165, 1.54) is 17.3 Å². The van der Waals surface area contributed by atoms with Crippen LogP contribution in [0.15, 0.2) is 64.3 Å². The maximum atomic E-state index is 12.6. The molecule has 4 rings (SSSR count). The Morgan fingerprint density at radius 3 is 2.53 bits per heavy atom. The van der Waals surface area contributed by atoms with Crippen LogP contribution >= 0.6 is 23.1 Å². The highest BCUT2D eigenvalue weighted by Gasteiger charge is 2.16. The number of nitrogens with zero attached hydrogens (tertiary/aromatic N) is 3. The Morgan fingerprint density at radius 2 is 1.80 bits per heavy atom. The van der Waals surface area contributed by atoms with Crippen LogP contribution in [0.5, 0.6) is 0 Å². The Balaban J connectivity index is 1.40. The molecule has 2 aromatic heterocycles. The Kier molecular flexibility index (Phi) is 6.01. The van der Waals surface area contributed by atoms with Crippen LogP contribution in [0.3, 0.4) is 0 Å². The van der Waals surface area contributed by atoms with Crippen LogP contribution in [-0.4, -0.2) is 26.4 Å². The summed E-state index contributed by atoms with van der Waals surface area (Å²) in [6.45, 7) is 5.94. The molecule has 152 valence electrons. The molecule has 0 radical (unpaired) electrons. The number of amides is 1. The van der Waals surface area contributed by atoms with E-state index < -0.39 is 0 Å². The summed E-state index contributed by atoms with van der Waals surface area (Å²) < 4.78 is 2.74. The maximum Gasteiger partial charge on any atom is 0.234 e. The topological polar surface area (TPSA) is 59.8 Å². The molecule has 0 aliphatic carbocycles. The van der Waals surface area contributed by atoms with E-state index in [4.69, 9.17) is 0 Å². The average molecular weight is 435 g/mol. The minimum absolute atomic E-state index is 0.0640. The van der Waals surface area contributed by atoms with Crippen molar-refractivity contribution in [1.29, 1.82) is 0 Å². The second-order valence-corrected chi connectivity index (χ2v) is 9.08. The van der Waals surface area contributed by atoms with Crippen LogP contribution in [0, 0.1) is 20.8 Å². The number of thiazole rings is 1. The molecular weight excluding hydrogens is 412 g/mol. The first-order chi connectivity index (χ1) is 14.5. The lowest BCUT2D eigenvalue weighted by Crippen LogP contribution is -2.15. The maximum absolute atomic E-state index is 12.6. The van der Waals surface area contributed by atoms with E-state index in [2.05, 4.69) is 46.6 Å². The van der Waals surface area contributed by atoms with E-state index in [9.17, 15) is 4.79 Å². The summed E-state index contributed by atoms with van der Waals surface area (Å²) in [4.78, 5) is 17.2. The molecule has 2 heterocycles. The number of thioether (sulfide) groups is 1. The number of benzene rings is 2. The Bertz CT molecular complexity index is 1160. The molecule has 0 saturated carbocycles. The van der Waals surface area contributed by atoms with Gasteiger partial charge in [-0.3, -0.25) is 4.79 Å². The third-order valence-electron chi connectivity index (χ3n) is 4.71. The summed E-state index contributed by atoms with van der Waals surface area (Å²) in [6.07, 6.45) is 0. The van der Waals surface area contributed by atoms with Crippen LogP contribution in [0.1, 0.15) is 17.0 Å². The average Bonchev–Trinajstić information content (AvgIpc) is 3.34. The molecule has 2 aromatic carbocycles. The Morgan fingerprint density at radius 1 is 1.07 bits per heavy atom. The minimum atomic E-state index is -0.0640. The number of rotatable bonds is 6. The smallest absolute Gasteiger partial charge is 0.234 e. The Labute approximate surface area is 184 Å². The number of carbonyl (C=O) groups is 1. The number of aromatic nitrogens is 3. The van der Waals surface area contributed by atoms with E-state index in [0.29, 0.717) is 5.75 Å². The van der Waals surface area contributed by atoms with E-state index in [1.54, 1.807) is 11.3 Å². The fourth-order valence-electron chi connectivity index (χ4n) is 3.13. The number of hydrogen-bond acceptors (Lipinski definition) is 5. The first-order valence-electron chi connectivity index (χ1n) is 9.58. The summed E-state index contributed by atoms with van der Waals surface area (Å²) in [7, 11) is 0. The molecule has 0 unspecified atom stereocenters. The molecule has 0 aliphatic heterocycles. The highest BCUT2D eigenvalue weighted by molar-refractivity contribution is 8.01. The van der Waals surface area contributed by atoms with E-state index in [0.717, 1.165) is 38.4 Å². The van der Waals surface area contributed by atoms with Crippen LogP contribution in [0.2, 0.25) is 0 Å². The molecule has 5 nitrogen and oxygen atoms in total. The van der Waals surface area contributed by atoms with Crippen molar-refractivity contribution in [2.24, 2.45) is 0 Å². The van der Waals surface area contributed by atoms with Gasteiger partial charge in [0.2, 0.25) is 5.91 Å². The third-order valence-corrected chi connectivity index (χ3v) is 6.73. The van der Waals surface area contributed by atoms with E-state index >= 15 is 0 Å². The van der Waals surface area contributed by atoms with Gasteiger partial charge in [-0.25, -0.2) is 9.67 Å². The number of nitrogens with one attached hydrogen (secondary N) is 1. The second-order valence-electron chi connectivity index (χ2n) is 6.99. The molecule has 0 saturated heterocycles. The lowest BCUT2D eigenvalue weighted by molar-refractivity contribution is -0.113. The lowest BCUT2D eigenvalue weighted by Gasteiger charge is -2.06. The number of carbonyl (C=O) groups excluding carboxylic acids is 1. The normalized spacial score (nSPS) is 10.9. The second kappa shape index (κ2) is 8.85. The highest BCUT2D eigenvalue weighted by Crippen LogP contribution is 2.29. The van der Waals surface area contributed by atoms with Crippen LogP contribution in [-0.2, 0) is 4.79 Å². The monoisotopic (exact) mass is 434 g/mol. The van der Waals surface area contributed by atoms with Crippen molar-refractivity contribution in [3.8, 4) is 16.9 Å². The van der Waals surface area contributed by atoms with Crippen molar-refractivity contribution in [3.05, 3.63) is 76.9 Å². The van der Waals surface area contributed by atoms with Crippen molar-refractivity contribution in [3.63, 3.8) is 0 Å². The van der Waals surface area contributed by atoms with Gasteiger partial charge in [-0.2, -0.15) is 5.10 Å². The largest absolute Gasteiger partial charge is 0.322 e. The van der Waals surface area contributed by atoms with Gasteiger partial charge >= 0.3 is 0 Å². The summed E-state index contributed by atoms with van der Waals surface area (Å²) in [6, 6.07) is 18.2.